The summed E-state index contributed by atoms with van der Waals surface area (Å²) in [6.45, 7) is 2.28. The van der Waals surface area contributed by atoms with Gasteiger partial charge in [0.15, 0.2) is 0 Å². The molecule has 0 atom stereocenters. The van der Waals surface area contributed by atoms with E-state index in [0.29, 0.717) is 6.54 Å². The van der Waals surface area contributed by atoms with Gasteiger partial charge >= 0.3 is 0 Å². The number of hydrogen-bond donors (Lipinski definition) is 1. The second-order valence-corrected chi connectivity index (χ2v) is 4.06. The van der Waals surface area contributed by atoms with Crippen LogP contribution in [0, 0.1) is 12.7 Å². The van der Waals surface area contributed by atoms with Gasteiger partial charge in [-0.3, -0.25) is 4.68 Å². The number of alkyl halides is 1. The molecule has 0 aliphatic carbocycles. The van der Waals surface area contributed by atoms with Crippen molar-refractivity contribution in [3.63, 3.8) is 0 Å². The van der Waals surface area contributed by atoms with Gasteiger partial charge in [-0.25, -0.2) is 8.78 Å². The number of hydrogen-bond acceptors (Lipinski definition) is 2. The lowest BCUT2D eigenvalue weighted by atomic mass is 10.2. The average Bonchev–Trinajstić information content (AvgIpc) is 2.70. The molecule has 0 spiro atoms. The van der Waals surface area contributed by atoms with Crippen LogP contribution in [0.3, 0.4) is 0 Å². The van der Waals surface area contributed by atoms with Crippen molar-refractivity contribution in [1.82, 2.24) is 9.78 Å². The fraction of sp³-hybridized carbons (Fsp3) is 0.308. The van der Waals surface area contributed by atoms with E-state index < -0.39 is 6.67 Å². The zero-order chi connectivity index (χ0) is 13.0. The molecule has 2 aromatic rings. The Morgan fingerprint density at radius 3 is 2.67 bits per heavy atom. The molecule has 0 fully saturated rings. The fourth-order valence-electron chi connectivity index (χ4n) is 1.69. The van der Waals surface area contributed by atoms with Gasteiger partial charge in [-0.1, -0.05) is 12.1 Å². The molecule has 1 heterocycles. The van der Waals surface area contributed by atoms with Gasteiger partial charge in [0.2, 0.25) is 0 Å². The van der Waals surface area contributed by atoms with Crippen LogP contribution in [0.4, 0.5) is 14.5 Å². The lowest BCUT2D eigenvalue weighted by Crippen LogP contribution is -2.00. The maximum absolute atomic E-state index is 12.7. The van der Waals surface area contributed by atoms with Gasteiger partial charge in [0.05, 0.1) is 17.9 Å². The van der Waals surface area contributed by atoms with Gasteiger partial charge in [0.1, 0.15) is 12.5 Å². The van der Waals surface area contributed by atoms with Crippen LogP contribution in [0.1, 0.15) is 11.3 Å². The monoisotopic (exact) mass is 251 g/mol. The summed E-state index contributed by atoms with van der Waals surface area (Å²) in [6.07, 6.45) is 1.78. The van der Waals surface area contributed by atoms with E-state index in [4.69, 9.17) is 0 Å². The van der Waals surface area contributed by atoms with Gasteiger partial charge in [-0.15, -0.1) is 0 Å². The molecule has 2 rings (SSSR count). The number of anilines is 1. The Morgan fingerprint density at radius 1 is 1.28 bits per heavy atom. The van der Waals surface area contributed by atoms with Crippen molar-refractivity contribution in [2.45, 2.75) is 20.0 Å². The lowest BCUT2D eigenvalue weighted by Gasteiger charge is -2.04. The standard InChI is InChI=1S/C13H15F2N3/c1-10-13(9-18(17-10)7-6-14)16-8-11-2-4-12(15)5-3-11/h2-5,9,16H,6-8H2,1H3. The Morgan fingerprint density at radius 2 is 2.00 bits per heavy atom. The van der Waals surface area contributed by atoms with Crippen molar-refractivity contribution in [3.05, 3.63) is 47.5 Å². The molecular weight excluding hydrogens is 236 g/mol. The number of aromatic nitrogens is 2. The van der Waals surface area contributed by atoms with Crippen LogP contribution in [-0.2, 0) is 13.1 Å². The lowest BCUT2D eigenvalue weighted by molar-refractivity contribution is 0.426. The molecule has 0 saturated carbocycles. The fourth-order valence-corrected chi connectivity index (χ4v) is 1.69. The maximum Gasteiger partial charge on any atom is 0.123 e. The third-order valence-electron chi connectivity index (χ3n) is 2.66. The first-order chi connectivity index (χ1) is 8.69. The summed E-state index contributed by atoms with van der Waals surface area (Å²) in [5.41, 5.74) is 2.67. The molecule has 0 amide bonds. The third-order valence-corrected chi connectivity index (χ3v) is 2.66. The molecule has 18 heavy (non-hydrogen) atoms. The first kappa shape index (κ1) is 12.5. The molecule has 1 N–H and O–H groups in total. The maximum atomic E-state index is 12.7. The number of nitrogens with zero attached hydrogens (tertiary/aromatic N) is 2. The van der Waals surface area contributed by atoms with E-state index in [0.717, 1.165) is 16.9 Å². The van der Waals surface area contributed by atoms with Crippen molar-refractivity contribution >= 4 is 5.69 Å². The van der Waals surface area contributed by atoms with Crippen molar-refractivity contribution < 1.29 is 8.78 Å². The predicted molar refractivity (Wildman–Crippen MR) is 66.7 cm³/mol. The highest BCUT2D eigenvalue weighted by Crippen LogP contribution is 2.14. The second-order valence-electron chi connectivity index (χ2n) is 4.06. The molecule has 0 aliphatic rings. The molecule has 0 aliphatic heterocycles. The van der Waals surface area contributed by atoms with E-state index in [-0.39, 0.29) is 12.4 Å². The number of halogens is 2. The number of rotatable bonds is 5. The molecule has 0 radical (unpaired) electrons. The summed E-state index contributed by atoms with van der Waals surface area (Å²) in [6, 6.07) is 6.31. The molecule has 1 aromatic heterocycles. The van der Waals surface area contributed by atoms with Crippen LogP contribution in [0.15, 0.2) is 30.5 Å². The highest BCUT2D eigenvalue weighted by Gasteiger charge is 2.04. The molecule has 0 bridgehead atoms. The van der Waals surface area contributed by atoms with E-state index in [1.165, 1.54) is 12.1 Å². The molecule has 96 valence electrons. The Bertz CT molecular complexity index is 505. The highest BCUT2D eigenvalue weighted by molar-refractivity contribution is 5.46. The van der Waals surface area contributed by atoms with Crippen LogP contribution >= 0.6 is 0 Å². The SMILES string of the molecule is Cc1nn(CCF)cc1NCc1ccc(F)cc1. The minimum absolute atomic E-state index is 0.245. The molecule has 3 nitrogen and oxygen atoms in total. The van der Waals surface area contributed by atoms with Crippen molar-refractivity contribution in [2.75, 3.05) is 12.0 Å². The summed E-state index contributed by atoms with van der Waals surface area (Å²) in [5, 5.41) is 7.38. The number of benzene rings is 1. The Labute approximate surface area is 104 Å². The van der Waals surface area contributed by atoms with Crippen LogP contribution in [0.25, 0.3) is 0 Å². The van der Waals surface area contributed by atoms with E-state index in [9.17, 15) is 8.78 Å². The van der Waals surface area contributed by atoms with Gasteiger partial charge in [-0.05, 0) is 24.6 Å². The topological polar surface area (TPSA) is 29.9 Å². The summed E-state index contributed by atoms with van der Waals surface area (Å²) in [4.78, 5) is 0. The van der Waals surface area contributed by atoms with Gasteiger partial charge < -0.3 is 5.32 Å². The van der Waals surface area contributed by atoms with Crippen molar-refractivity contribution in [2.24, 2.45) is 0 Å². The van der Waals surface area contributed by atoms with Crippen molar-refractivity contribution in [1.29, 1.82) is 0 Å². The zero-order valence-electron chi connectivity index (χ0n) is 10.2. The van der Waals surface area contributed by atoms with Crippen LogP contribution in [0.5, 0.6) is 0 Å². The van der Waals surface area contributed by atoms with Gasteiger partial charge in [0, 0.05) is 12.7 Å². The quantitative estimate of drug-likeness (QED) is 0.885. The Kier molecular flexibility index (Phi) is 3.92. The van der Waals surface area contributed by atoms with Crippen LogP contribution in [0.2, 0.25) is 0 Å². The summed E-state index contributed by atoms with van der Waals surface area (Å²) >= 11 is 0. The molecule has 0 saturated heterocycles. The molecule has 0 unspecified atom stereocenters. The minimum atomic E-state index is -0.432. The van der Waals surface area contributed by atoms with Crippen LogP contribution in [-0.4, -0.2) is 16.5 Å². The van der Waals surface area contributed by atoms with Crippen LogP contribution < -0.4 is 5.32 Å². The summed E-state index contributed by atoms with van der Waals surface area (Å²) in [7, 11) is 0. The average molecular weight is 251 g/mol. The highest BCUT2D eigenvalue weighted by atomic mass is 19.1. The first-order valence-electron chi connectivity index (χ1n) is 5.77. The Balaban J connectivity index is 1.99. The second kappa shape index (κ2) is 5.62. The third kappa shape index (κ3) is 3.06. The van der Waals surface area contributed by atoms with E-state index in [1.54, 1.807) is 23.0 Å². The van der Waals surface area contributed by atoms with E-state index in [2.05, 4.69) is 10.4 Å². The minimum Gasteiger partial charge on any atom is -0.378 e. The molecule has 5 heteroatoms. The van der Waals surface area contributed by atoms with Gasteiger partial charge in [0.25, 0.3) is 0 Å². The summed E-state index contributed by atoms with van der Waals surface area (Å²) < 4.78 is 26.5. The smallest absolute Gasteiger partial charge is 0.123 e. The van der Waals surface area contributed by atoms with Gasteiger partial charge in [-0.2, -0.15) is 5.10 Å². The predicted octanol–water partition coefficient (Wildman–Crippen LogP) is 2.91. The largest absolute Gasteiger partial charge is 0.378 e. The first-order valence-corrected chi connectivity index (χ1v) is 5.77. The number of aryl methyl sites for hydroxylation is 2. The normalized spacial score (nSPS) is 10.6. The molecule has 1 aromatic carbocycles. The van der Waals surface area contributed by atoms with E-state index >= 15 is 0 Å². The Hall–Kier alpha value is -1.91. The number of nitrogens with one attached hydrogen (secondary N) is 1. The van der Waals surface area contributed by atoms with E-state index in [1.807, 2.05) is 6.92 Å². The summed E-state index contributed by atoms with van der Waals surface area (Å²) in [5.74, 6) is -0.245. The molecular formula is C13H15F2N3. The van der Waals surface area contributed by atoms with Crippen molar-refractivity contribution in [3.8, 4) is 0 Å². The zero-order valence-corrected chi connectivity index (χ0v) is 10.2.